The molecule has 0 radical (unpaired) electrons. The van der Waals surface area contributed by atoms with Crippen LogP contribution in [0.3, 0.4) is 0 Å². The van der Waals surface area contributed by atoms with E-state index in [4.69, 9.17) is 6.42 Å². The molecule has 1 N–H and O–H groups in total. The van der Waals surface area contributed by atoms with Gasteiger partial charge in [0.25, 0.3) is 5.91 Å². The molecule has 6 heteroatoms. The van der Waals surface area contributed by atoms with Crippen molar-refractivity contribution in [2.75, 3.05) is 0 Å². The lowest BCUT2D eigenvalue weighted by molar-refractivity contribution is -0.138. The standard InChI is InChI=1S/C13H11BrF3NO/c1-4-12(2,3)18-11(19)8-5-6-10(14)9(7-8)13(15,16)17/h1,5-7H,2-3H3,(H,18,19). The molecule has 0 bridgehead atoms. The Labute approximate surface area is 117 Å². The van der Waals surface area contributed by atoms with Gasteiger partial charge in [0.15, 0.2) is 0 Å². The van der Waals surface area contributed by atoms with Crippen molar-refractivity contribution in [3.8, 4) is 12.3 Å². The summed E-state index contributed by atoms with van der Waals surface area (Å²) in [5, 5.41) is 2.46. The van der Waals surface area contributed by atoms with E-state index in [2.05, 4.69) is 27.2 Å². The molecule has 0 aromatic heterocycles. The molecule has 1 aromatic carbocycles. The van der Waals surface area contributed by atoms with Gasteiger partial charge in [0.05, 0.1) is 11.1 Å². The number of hydrogen-bond donors (Lipinski definition) is 1. The van der Waals surface area contributed by atoms with Gasteiger partial charge in [-0.2, -0.15) is 13.2 Å². The van der Waals surface area contributed by atoms with Crippen LogP contribution in [0.25, 0.3) is 0 Å². The van der Waals surface area contributed by atoms with Crippen LogP contribution in [-0.4, -0.2) is 11.4 Å². The Morgan fingerprint density at radius 2 is 1.95 bits per heavy atom. The van der Waals surface area contributed by atoms with E-state index in [1.807, 2.05) is 0 Å². The van der Waals surface area contributed by atoms with Gasteiger partial charge in [-0.25, -0.2) is 0 Å². The quantitative estimate of drug-likeness (QED) is 0.823. The number of carbonyl (C=O) groups excluding carboxylic acids is 1. The van der Waals surface area contributed by atoms with E-state index in [1.54, 1.807) is 13.8 Å². The molecular formula is C13H11BrF3NO. The number of nitrogens with one attached hydrogen (secondary N) is 1. The molecule has 0 atom stereocenters. The van der Waals surface area contributed by atoms with Crippen molar-refractivity contribution in [3.63, 3.8) is 0 Å². The molecule has 102 valence electrons. The van der Waals surface area contributed by atoms with Gasteiger partial charge in [-0.05, 0) is 32.0 Å². The topological polar surface area (TPSA) is 29.1 Å². The van der Waals surface area contributed by atoms with Gasteiger partial charge in [0, 0.05) is 10.0 Å². The highest BCUT2D eigenvalue weighted by molar-refractivity contribution is 9.10. The third-order valence-electron chi connectivity index (χ3n) is 2.32. The summed E-state index contributed by atoms with van der Waals surface area (Å²) >= 11 is 2.81. The highest BCUT2D eigenvalue weighted by Crippen LogP contribution is 2.35. The summed E-state index contributed by atoms with van der Waals surface area (Å²) in [4.78, 5) is 11.8. The van der Waals surface area contributed by atoms with Crippen LogP contribution in [0.1, 0.15) is 29.8 Å². The lowest BCUT2D eigenvalue weighted by atomic mass is 10.0. The van der Waals surface area contributed by atoms with E-state index in [9.17, 15) is 18.0 Å². The zero-order valence-corrected chi connectivity index (χ0v) is 11.8. The molecule has 1 amide bonds. The van der Waals surface area contributed by atoms with Gasteiger partial charge in [-0.15, -0.1) is 6.42 Å². The smallest absolute Gasteiger partial charge is 0.336 e. The molecular weight excluding hydrogens is 323 g/mol. The lowest BCUT2D eigenvalue weighted by Crippen LogP contribution is -2.42. The molecule has 0 fully saturated rings. The van der Waals surface area contributed by atoms with Gasteiger partial charge in [-0.3, -0.25) is 4.79 Å². The average Bonchev–Trinajstić information content (AvgIpc) is 2.27. The summed E-state index contributed by atoms with van der Waals surface area (Å²) in [7, 11) is 0. The van der Waals surface area contributed by atoms with Crippen LogP contribution < -0.4 is 5.32 Å². The van der Waals surface area contributed by atoms with Crippen LogP contribution in [0.15, 0.2) is 22.7 Å². The first-order valence-corrected chi connectivity index (χ1v) is 6.03. The molecule has 0 unspecified atom stereocenters. The fourth-order valence-corrected chi connectivity index (χ4v) is 1.75. The largest absolute Gasteiger partial charge is 0.417 e. The average molecular weight is 334 g/mol. The molecule has 0 aliphatic heterocycles. The van der Waals surface area contributed by atoms with Crippen molar-refractivity contribution >= 4 is 21.8 Å². The first-order valence-electron chi connectivity index (χ1n) is 5.24. The SMILES string of the molecule is C#CC(C)(C)NC(=O)c1ccc(Br)c(C(F)(F)F)c1. The maximum Gasteiger partial charge on any atom is 0.417 e. The number of hydrogen-bond acceptors (Lipinski definition) is 1. The lowest BCUT2D eigenvalue weighted by Gasteiger charge is -2.20. The van der Waals surface area contributed by atoms with E-state index < -0.39 is 23.2 Å². The highest BCUT2D eigenvalue weighted by Gasteiger charge is 2.33. The maximum absolute atomic E-state index is 12.7. The second-order valence-corrected chi connectivity index (χ2v) is 5.27. The summed E-state index contributed by atoms with van der Waals surface area (Å²) in [6.07, 6.45) is 0.673. The van der Waals surface area contributed by atoms with E-state index in [-0.39, 0.29) is 10.0 Å². The van der Waals surface area contributed by atoms with E-state index in [1.165, 1.54) is 12.1 Å². The number of terminal acetylenes is 1. The van der Waals surface area contributed by atoms with Crippen molar-refractivity contribution in [3.05, 3.63) is 33.8 Å². The van der Waals surface area contributed by atoms with E-state index in [0.29, 0.717) is 0 Å². The Balaban J connectivity index is 3.11. The Kier molecular flexibility index (Phi) is 4.31. The van der Waals surface area contributed by atoms with Crippen molar-refractivity contribution < 1.29 is 18.0 Å². The number of benzene rings is 1. The zero-order chi connectivity index (χ0) is 14.8. The Morgan fingerprint density at radius 1 is 1.37 bits per heavy atom. The van der Waals surface area contributed by atoms with Crippen molar-refractivity contribution in [1.29, 1.82) is 0 Å². The van der Waals surface area contributed by atoms with E-state index >= 15 is 0 Å². The fraction of sp³-hybridized carbons (Fsp3) is 0.308. The zero-order valence-electron chi connectivity index (χ0n) is 10.2. The third-order valence-corrected chi connectivity index (χ3v) is 3.01. The Morgan fingerprint density at radius 3 is 2.42 bits per heavy atom. The number of rotatable bonds is 2. The molecule has 0 heterocycles. The summed E-state index contributed by atoms with van der Waals surface area (Å²) in [5.74, 6) is 1.68. The maximum atomic E-state index is 12.7. The third kappa shape index (κ3) is 4.00. The van der Waals surface area contributed by atoms with Crippen molar-refractivity contribution in [2.45, 2.75) is 25.6 Å². The van der Waals surface area contributed by atoms with Crippen molar-refractivity contribution in [2.24, 2.45) is 0 Å². The Bertz CT molecular complexity index is 544. The normalized spacial score (nSPS) is 11.8. The summed E-state index contributed by atoms with van der Waals surface area (Å²) in [6.45, 7) is 3.16. The molecule has 0 saturated carbocycles. The molecule has 0 aliphatic carbocycles. The fourth-order valence-electron chi connectivity index (χ4n) is 1.28. The Hall–Kier alpha value is -1.48. The molecule has 0 saturated heterocycles. The van der Waals surface area contributed by atoms with Crippen LogP contribution in [0.5, 0.6) is 0 Å². The minimum atomic E-state index is -4.53. The van der Waals surface area contributed by atoms with Gasteiger partial charge in [0.1, 0.15) is 0 Å². The number of halogens is 4. The first kappa shape index (κ1) is 15.6. The van der Waals surface area contributed by atoms with Crippen LogP contribution in [0, 0.1) is 12.3 Å². The summed E-state index contributed by atoms with van der Waals surface area (Å²) < 4.78 is 38.0. The monoisotopic (exact) mass is 333 g/mol. The molecule has 0 spiro atoms. The molecule has 1 rings (SSSR count). The van der Waals surface area contributed by atoms with Crippen LogP contribution in [0.4, 0.5) is 13.2 Å². The highest BCUT2D eigenvalue weighted by atomic mass is 79.9. The molecule has 2 nitrogen and oxygen atoms in total. The number of amides is 1. The second-order valence-electron chi connectivity index (χ2n) is 4.42. The van der Waals surface area contributed by atoms with Crippen LogP contribution in [0.2, 0.25) is 0 Å². The molecule has 0 aliphatic rings. The predicted molar refractivity (Wildman–Crippen MR) is 69.5 cm³/mol. The molecule has 1 aromatic rings. The second kappa shape index (κ2) is 5.25. The van der Waals surface area contributed by atoms with Gasteiger partial charge in [0.2, 0.25) is 0 Å². The van der Waals surface area contributed by atoms with Crippen LogP contribution >= 0.6 is 15.9 Å². The van der Waals surface area contributed by atoms with Gasteiger partial charge in [-0.1, -0.05) is 21.9 Å². The number of alkyl halides is 3. The summed E-state index contributed by atoms with van der Waals surface area (Å²) in [6, 6.07) is 3.26. The minimum Gasteiger partial charge on any atom is -0.336 e. The predicted octanol–water partition coefficient (Wildman–Crippen LogP) is 3.61. The summed E-state index contributed by atoms with van der Waals surface area (Å²) in [5.41, 5.74) is -1.93. The van der Waals surface area contributed by atoms with E-state index in [0.717, 1.165) is 6.07 Å². The van der Waals surface area contributed by atoms with Crippen molar-refractivity contribution in [1.82, 2.24) is 5.32 Å². The van der Waals surface area contributed by atoms with Gasteiger partial charge >= 0.3 is 6.18 Å². The van der Waals surface area contributed by atoms with Gasteiger partial charge < -0.3 is 5.32 Å². The number of carbonyl (C=O) groups is 1. The minimum absolute atomic E-state index is 0.0983. The first-order chi connectivity index (χ1) is 8.57. The molecule has 19 heavy (non-hydrogen) atoms. The van der Waals surface area contributed by atoms with Crippen LogP contribution in [-0.2, 0) is 6.18 Å².